The van der Waals surface area contributed by atoms with Crippen LogP contribution in [0.15, 0.2) is 24.3 Å². The van der Waals surface area contributed by atoms with Crippen LogP contribution in [0.2, 0.25) is 5.02 Å². The van der Waals surface area contributed by atoms with E-state index in [2.05, 4.69) is 5.32 Å². The molecule has 0 aliphatic carbocycles. The molecule has 1 rings (SSSR count). The first-order valence-corrected chi connectivity index (χ1v) is 6.10. The molecule has 4 heteroatoms. The van der Waals surface area contributed by atoms with Gasteiger partial charge in [0.25, 0.3) is 0 Å². The lowest BCUT2D eigenvalue weighted by Crippen LogP contribution is -2.29. The number of carboxylic acids is 1. The number of halogens is 1. The molecule has 0 aliphatic rings. The molecule has 0 saturated heterocycles. The summed E-state index contributed by atoms with van der Waals surface area (Å²) >= 11 is 6.10. The van der Waals surface area contributed by atoms with Gasteiger partial charge in [-0.25, -0.2) is 0 Å². The smallest absolute Gasteiger partial charge is 0.303 e. The van der Waals surface area contributed by atoms with Crippen molar-refractivity contribution in [3.63, 3.8) is 0 Å². The second-order valence-electron chi connectivity index (χ2n) is 4.24. The highest BCUT2D eigenvalue weighted by atomic mass is 35.5. The lowest BCUT2D eigenvalue weighted by molar-refractivity contribution is -0.137. The summed E-state index contributed by atoms with van der Waals surface area (Å²) in [6.07, 6.45) is 0.799. The third kappa shape index (κ3) is 4.75. The van der Waals surface area contributed by atoms with Gasteiger partial charge >= 0.3 is 5.97 Å². The number of benzene rings is 1. The Bertz CT molecular complexity index is 381. The van der Waals surface area contributed by atoms with Crippen LogP contribution >= 0.6 is 11.6 Å². The Morgan fingerprint density at radius 3 is 2.65 bits per heavy atom. The third-order valence-electron chi connectivity index (χ3n) is 2.70. The summed E-state index contributed by atoms with van der Waals surface area (Å²) < 4.78 is 0. The minimum Gasteiger partial charge on any atom is -0.481 e. The minimum absolute atomic E-state index is 0.118. The van der Waals surface area contributed by atoms with E-state index in [-0.39, 0.29) is 18.5 Å². The molecule has 1 aromatic carbocycles. The SMILES string of the molecule is CC(CCC(=O)O)NC(C)c1ccccc1Cl. The van der Waals surface area contributed by atoms with Crippen molar-refractivity contribution in [1.82, 2.24) is 5.32 Å². The Balaban J connectivity index is 2.51. The topological polar surface area (TPSA) is 49.3 Å². The molecule has 0 spiro atoms. The van der Waals surface area contributed by atoms with E-state index in [9.17, 15) is 4.79 Å². The number of hydrogen-bond acceptors (Lipinski definition) is 2. The zero-order valence-corrected chi connectivity index (χ0v) is 10.9. The Labute approximate surface area is 107 Å². The van der Waals surface area contributed by atoms with Crippen molar-refractivity contribution in [2.45, 2.75) is 38.8 Å². The van der Waals surface area contributed by atoms with Gasteiger partial charge < -0.3 is 10.4 Å². The lowest BCUT2D eigenvalue weighted by atomic mass is 10.1. The standard InChI is InChI=1S/C13H18ClNO2/c1-9(7-8-13(16)17)15-10(2)11-5-3-4-6-12(11)14/h3-6,9-10,15H,7-8H2,1-2H3,(H,16,17). The minimum atomic E-state index is -0.760. The molecule has 0 bridgehead atoms. The second-order valence-corrected chi connectivity index (χ2v) is 4.65. The van der Waals surface area contributed by atoms with E-state index in [4.69, 9.17) is 16.7 Å². The van der Waals surface area contributed by atoms with Gasteiger partial charge in [-0.05, 0) is 31.9 Å². The van der Waals surface area contributed by atoms with Crippen LogP contribution in [0.4, 0.5) is 0 Å². The normalized spacial score (nSPS) is 14.3. The van der Waals surface area contributed by atoms with Gasteiger partial charge in [-0.3, -0.25) is 4.79 Å². The molecular weight excluding hydrogens is 238 g/mol. The Kier molecular flexibility index (Phi) is 5.45. The number of nitrogens with one attached hydrogen (secondary N) is 1. The van der Waals surface area contributed by atoms with Gasteiger partial charge in [0.1, 0.15) is 0 Å². The number of hydrogen-bond donors (Lipinski definition) is 2. The fourth-order valence-corrected chi connectivity index (χ4v) is 2.07. The molecule has 0 fully saturated rings. The maximum atomic E-state index is 10.5. The van der Waals surface area contributed by atoms with E-state index in [1.807, 2.05) is 38.1 Å². The molecule has 0 amide bonds. The van der Waals surface area contributed by atoms with Gasteiger partial charge in [0.2, 0.25) is 0 Å². The Morgan fingerprint density at radius 1 is 1.41 bits per heavy atom. The highest BCUT2D eigenvalue weighted by molar-refractivity contribution is 6.31. The fourth-order valence-electron chi connectivity index (χ4n) is 1.77. The second kappa shape index (κ2) is 6.62. The van der Waals surface area contributed by atoms with E-state index in [0.717, 1.165) is 10.6 Å². The molecule has 17 heavy (non-hydrogen) atoms. The molecule has 2 atom stereocenters. The van der Waals surface area contributed by atoms with Crippen molar-refractivity contribution in [2.75, 3.05) is 0 Å². The molecule has 94 valence electrons. The average molecular weight is 256 g/mol. The van der Waals surface area contributed by atoms with Gasteiger partial charge in [-0.2, -0.15) is 0 Å². The predicted octanol–water partition coefficient (Wildman–Crippen LogP) is 3.24. The van der Waals surface area contributed by atoms with E-state index in [1.165, 1.54) is 0 Å². The molecule has 0 aromatic heterocycles. The number of rotatable bonds is 6. The van der Waals surface area contributed by atoms with Gasteiger partial charge in [0.15, 0.2) is 0 Å². The third-order valence-corrected chi connectivity index (χ3v) is 3.04. The first-order chi connectivity index (χ1) is 8.00. The van der Waals surface area contributed by atoms with E-state index < -0.39 is 5.97 Å². The summed E-state index contributed by atoms with van der Waals surface area (Å²) in [4.78, 5) is 10.5. The molecule has 0 saturated carbocycles. The molecule has 3 nitrogen and oxygen atoms in total. The summed E-state index contributed by atoms with van der Waals surface area (Å²) in [5.74, 6) is -0.760. The zero-order valence-electron chi connectivity index (χ0n) is 10.1. The van der Waals surface area contributed by atoms with Crippen LogP contribution < -0.4 is 5.32 Å². The largest absolute Gasteiger partial charge is 0.481 e. The van der Waals surface area contributed by atoms with Gasteiger partial charge in [-0.1, -0.05) is 29.8 Å². The highest BCUT2D eigenvalue weighted by Gasteiger charge is 2.12. The van der Waals surface area contributed by atoms with Crippen LogP contribution in [0.5, 0.6) is 0 Å². The average Bonchev–Trinajstić information content (AvgIpc) is 2.26. The van der Waals surface area contributed by atoms with Crippen LogP contribution in [0.25, 0.3) is 0 Å². The Morgan fingerprint density at radius 2 is 2.06 bits per heavy atom. The van der Waals surface area contributed by atoms with Crippen LogP contribution in [0.1, 0.15) is 38.3 Å². The van der Waals surface area contributed by atoms with E-state index in [1.54, 1.807) is 0 Å². The van der Waals surface area contributed by atoms with Crippen LogP contribution in [-0.4, -0.2) is 17.1 Å². The van der Waals surface area contributed by atoms with Crippen molar-refractivity contribution in [3.8, 4) is 0 Å². The highest BCUT2D eigenvalue weighted by Crippen LogP contribution is 2.22. The summed E-state index contributed by atoms with van der Waals surface area (Å²) in [6, 6.07) is 7.94. The summed E-state index contributed by atoms with van der Waals surface area (Å²) in [5, 5.41) is 12.7. The van der Waals surface area contributed by atoms with Crippen LogP contribution in [-0.2, 0) is 4.79 Å². The maximum Gasteiger partial charge on any atom is 0.303 e. The molecule has 0 radical (unpaired) electrons. The molecular formula is C13H18ClNO2. The predicted molar refractivity (Wildman–Crippen MR) is 69.3 cm³/mol. The molecule has 2 unspecified atom stereocenters. The monoisotopic (exact) mass is 255 g/mol. The molecule has 1 aromatic rings. The lowest BCUT2D eigenvalue weighted by Gasteiger charge is -2.20. The summed E-state index contributed by atoms with van der Waals surface area (Å²) in [6.45, 7) is 4.01. The first kappa shape index (κ1) is 14.0. The molecule has 0 aliphatic heterocycles. The molecule has 0 heterocycles. The summed E-state index contributed by atoms with van der Waals surface area (Å²) in [5.41, 5.74) is 1.04. The number of aliphatic carboxylic acids is 1. The first-order valence-electron chi connectivity index (χ1n) is 5.73. The van der Waals surface area contributed by atoms with Crippen molar-refractivity contribution in [3.05, 3.63) is 34.9 Å². The van der Waals surface area contributed by atoms with Gasteiger partial charge in [0.05, 0.1) is 0 Å². The Hall–Kier alpha value is -1.06. The van der Waals surface area contributed by atoms with Gasteiger partial charge in [0, 0.05) is 23.5 Å². The van der Waals surface area contributed by atoms with Crippen molar-refractivity contribution in [2.24, 2.45) is 0 Å². The van der Waals surface area contributed by atoms with E-state index >= 15 is 0 Å². The zero-order chi connectivity index (χ0) is 12.8. The van der Waals surface area contributed by atoms with Crippen molar-refractivity contribution in [1.29, 1.82) is 0 Å². The number of carbonyl (C=O) groups is 1. The fraction of sp³-hybridized carbons (Fsp3) is 0.462. The molecule has 2 N–H and O–H groups in total. The van der Waals surface area contributed by atoms with Crippen molar-refractivity contribution < 1.29 is 9.90 Å². The van der Waals surface area contributed by atoms with E-state index in [0.29, 0.717) is 6.42 Å². The van der Waals surface area contributed by atoms with Crippen LogP contribution in [0.3, 0.4) is 0 Å². The van der Waals surface area contributed by atoms with Crippen molar-refractivity contribution >= 4 is 17.6 Å². The maximum absolute atomic E-state index is 10.5. The summed E-state index contributed by atoms with van der Waals surface area (Å²) in [7, 11) is 0. The quantitative estimate of drug-likeness (QED) is 0.820. The number of carboxylic acid groups (broad SMARTS) is 1. The van der Waals surface area contributed by atoms with Gasteiger partial charge in [-0.15, -0.1) is 0 Å². The van der Waals surface area contributed by atoms with Crippen LogP contribution in [0, 0.1) is 0 Å².